The zero-order valence-corrected chi connectivity index (χ0v) is 17.4. The molecule has 2 aliphatic rings. The number of carbonyl (C=O) groups excluding carboxylic acids is 4. The average molecular weight is 396 g/mol. The molecule has 9 nitrogen and oxygen atoms in total. The molecule has 9 heteroatoms. The molecule has 0 aromatic rings. The van der Waals surface area contributed by atoms with E-state index in [-0.39, 0.29) is 49.1 Å². The van der Waals surface area contributed by atoms with Gasteiger partial charge in [0.2, 0.25) is 17.7 Å². The third-order valence-electron chi connectivity index (χ3n) is 5.00. The Labute approximate surface area is 166 Å². The van der Waals surface area contributed by atoms with Crippen molar-refractivity contribution in [2.75, 3.05) is 13.1 Å². The molecule has 0 bridgehead atoms. The normalized spacial score (nSPS) is 25.5. The molecule has 0 aromatic heterocycles. The van der Waals surface area contributed by atoms with E-state index in [2.05, 4.69) is 0 Å². The van der Waals surface area contributed by atoms with Crippen molar-refractivity contribution in [1.29, 1.82) is 0 Å². The van der Waals surface area contributed by atoms with Gasteiger partial charge in [-0.25, -0.2) is 0 Å². The molecule has 2 heterocycles. The third kappa shape index (κ3) is 4.81. The molecular weight excluding hydrogens is 364 g/mol. The lowest BCUT2D eigenvalue weighted by atomic mass is 9.95. The molecule has 3 atom stereocenters. The van der Waals surface area contributed by atoms with Gasteiger partial charge in [0.25, 0.3) is 5.91 Å². The van der Waals surface area contributed by atoms with Gasteiger partial charge in [-0.2, -0.15) is 5.06 Å². The molecule has 2 aliphatic heterocycles. The second kappa shape index (κ2) is 8.89. The summed E-state index contributed by atoms with van der Waals surface area (Å²) in [6.45, 7) is 9.53. The van der Waals surface area contributed by atoms with E-state index in [1.807, 2.05) is 27.7 Å². The van der Waals surface area contributed by atoms with Crippen molar-refractivity contribution in [2.45, 2.75) is 72.2 Å². The van der Waals surface area contributed by atoms with Crippen LogP contribution in [0, 0.1) is 11.8 Å². The molecule has 0 aliphatic carbocycles. The Morgan fingerprint density at radius 3 is 2.21 bits per heavy atom. The first-order chi connectivity index (χ1) is 13.0. The molecule has 2 rings (SSSR count). The monoisotopic (exact) mass is 396 g/mol. The molecule has 0 saturated carbocycles. The number of nitrogens with two attached hydrogens (primary N) is 1. The molecule has 2 fully saturated rings. The minimum Gasteiger partial charge on any atom is -0.370 e. The van der Waals surface area contributed by atoms with Crippen molar-refractivity contribution in [3.63, 3.8) is 0 Å². The second-order valence-electron chi connectivity index (χ2n) is 8.44. The number of nitrogens with zero attached hydrogens (tertiary/aromatic N) is 3. The lowest BCUT2D eigenvalue weighted by Crippen LogP contribution is -2.73. The van der Waals surface area contributed by atoms with E-state index in [9.17, 15) is 19.2 Å². The van der Waals surface area contributed by atoms with Crippen molar-refractivity contribution in [1.82, 2.24) is 14.9 Å². The number of hydroxylamine groups is 2. The van der Waals surface area contributed by atoms with Crippen molar-refractivity contribution < 1.29 is 24.0 Å². The smallest absolute Gasteiger partial charge is 0.256 e. The number of fused-ring (bicyclic) bond motifs is 1. The van der Waals surface area contributed by atoms with E-state index >= 15 is 0 Å². The molecule has 0 aromatic carbocycles. The van der Waals surface area contributed by atoms with Gasteiger partial charge in [0, 0.05) is 19.9 Å². The first-order valence-corrected chi connectivity index (χ1v) is 9.88. The van der Waals surface area contributed by atoms with Crippen LogP contribution in [0.4, 0.5) is 0 Å². The number of piperazine rings is 1. The largest absolute Gasteiger partial charge is 0.370 e. The summed E-state index contributed by atoms with van der Waals surface area (Å²) in [6, 6.07) is -0.695. The van der Waals surface area contributed by atoms with E-state index < -0.39 is 24.2 Å². The first-order valence-electron chi connectivity index (χ1n) is 9.88. The van der Waals surface area contributed by atoms with Crippen LogP contribution in [0.3, 0.4) is 0 Å². The summed E-state index contributed by atoms with van der Waals surface area (Å²) < 4.78 is 0. The van der Waals surface area contributed by atoms with Crippen LogP contribution in [-0.2, 0) is 24.0 Å². The summed E-state index contributed by atoms with van der Waals surface area (Å²) in [5, 5.41) is 1.21. The van der Waals surface area contributed by atoms with E-state index in [1.54, 1.807) is 0 Å². The third-order valence-corrected chi connectivity index (χ3v) is 5.00. The minimum absolute atomic E-state index is 0.0255. The second-order valence-corrected chi connectivity index (χ2v) is 8.44. The lowest BCUT2D eigenvalue weighted by molar-refractivity contribution is -0.276. The van der Waals surface area contributed by atoms with Crippen molar-refractivity contribution in [3.8, 4) is 0 Å². The lowest BCUT2D eigenvalue weighted by Gasteiger charge is -2.53. The van der Waals surface area contributed by atoms with Crippen LogP contribution in [0.2, 0.25) is 0 Å². The van der Waals surface area contributed by atoms with Crippen molar-refractivity contribution in [2.24, 2.45) is 17.6 Å². The van der Waals surface area contributed by atoms with Crippen LogP contribution in [0.5, 0.6) is 0 Å². The number of hydrogen-bond acceptors (Lipinski definition) is 5. The Morgan fingerprint density at radius 2 is 1.71 bits per heavy atom. The van der Waals surface area contributed by atoms with Crippen LogP contribution >= 0.6 is 0 Å². The molecule has 28 heavy (non-hydrogen) atoms. The standard InChI is InChI=1S/C19H32N4O5/c1-11(2)8-14-18(26)21(7-6-16(20)25)10-17-22(14)19(27)15(9-12(3)4)28-23(17)13(5)24/h11-12,14-15,17H,6-10H2,1-5H3,(H2,20,25)/t14-,15+,17-/m0/s1. The summed E-state index contributed by atoms with van der Waals surface area (Å²) >= 11 is 0. The van der Waals surface area contributed by atoms with Gasteiger partial charge in [-0.1, -0.05) is 27.7 Å². The van der Waals surface area contributed by atoms with Gasteiger partial charge in [0.15, 0.2) is 12.3 Å². The van der Waals surface area contributed by atoms with Crippen LogP contribution in [-0.4, -0.2) is 69.9 Å². The molecule has 158 valence electrons. The Balaban J connectivity index is 2.39. The summed E-state index contributed by atoms with van der Waals surface area (Å²) in [7, 11) is 0. The molecule has 0 radical (unpaired) electrons. The van der Waals surface area contributed by atoms with Crippen LogP contribution in [0.25, 0.3) is 0 Å². The van der Waals surface area contributed by atoms with Gasteiger partial charge in [0.05, 0.1) is 6.54 Å². The summed E-state index contributed by atoms with van der Waals surface area (Å²) in [6.07, 6.45) is -0.547. The van der Waals surface area contributed by atoms with E-state index in [0.29, 0.717) is 12.8 Å². The van der Waals surface area contributed by atoms with Crippen LogP contribution in [0.1, 0.15) is 53.9 Å². The summed E-state index contributed by atoms with van der Waals surface area (Å²) in [4.78, 5) is 58.6. The molecule has 0 spiro atoms. The number of carbonyl (C=O) groups is 4. The zero-order chi connectivity index (χ0) is 21.2. The quantitative estimate of drug-likeness (QED) is 0.672. The number of hydrogen-bond donors (Lipinski definition) is 1. The van der Waals surface area contributed by atoms with E-state index in [0.717, 1.165) is 0 Å². The Bertz CT molecular complexity index is 636. The van der Waals surface area contributed by atoms with Crippen molar-refractivity contribution >= 4 is 23.6 Å². The van der Waals surface area contributed by atoms with Gasteiger partial charge >= 0.3 is 0 Å². The van der Waals surface area contributed by atoms with Gasteiger partial charge < -0.3 is 15.5 Å². The maximum Gasteiger partial charge on any atom is 0.256 e. The SMILES string of the molecule is CC(=O)N1O[C@H](CC(C)C)C(=O)N2[C@@H]1CN(CCC(N)=O)C(=O)[C@@H]2CC(C)C. The fourth-order valence-corrected chi connectivity index (χ4v) is 3.78. The number of rotatable bonds is 7. The van der Waals surface area contributed by atoms with Gasteiger partial charge in [-0.05, 0) is 24.7 Å². The minimum atomic E-state index is -0.792. The van der Waals surface area contributed by atoms with Crippen LogP contribution < -0.4 is 5.73 Å². The van der Waals surface area contributed by atoms with Gasteiger partial charge in [-0.3, -0.25) is 24.0 Å². The van der Waals surface area contributed by atoms with E-state index in [1.165, 1.54) is 21.8 Å². The highest BCUT2D eigenvalue weighted by Gasteiger charge is 2.52. The topological polar surface area (TPSA) is 113 Å². The highest BCUT2D eigenvalue weighted by molar-refractivity contribution is 5.92. The van der Waals surface area contributed by atoms with Crippen LogP contribution in [0.15, 0.2) is 0 Å². The average Bonchev–Trinajstić information content (AvgIpc) is 2.56. The molecule has 2 N–H and O–H groups in total. The first kappa shape index (κ1) is 22.1. The maximum absolute atomic E-state index is 13.2. The predicted molar refractivity (Wildman–Crippen MR) is 101 cm³/mol. The highest BCUT2D eigenvalue weighted by atomic mass is 16.7. The molecule has 0 unspecified atom stereocenters. The number of primary amides is 1. The molecule has 2 saturated heterocycles. The molecule has 4 amide bonds. The fourth-order valence-electron chi connectivity index (χ4n) is 3.78. The number of amides is 4. The van der Waals surface area contributed by atoms with E-state index in [4.69, 9.17) is 10.6 Å². The summed E-state index contributed by atoms with van der Waals surface area (Å²) in [5.74, 6) is -0.958. The van der Waals surface area contributed by atoms with Crippen molar-refractivity contribution in [3.05, 3.63) is 0 Å². The Hall–Kier alpha value is -2.16. The zero-order valence-electron chi connectivity index (χ0n) is 17.4. The Morgan fingerprint density at radius 1 is 1.11 bits per heavy atom. The van der Waals surface area contributed by atoms with Gasteiger partial charge in [-0.15, -0.1) is 0 Å². The maximum atomic E-state index is 13.2. The predicted octanol–water partition coefficient (Wildman–Crippen LogP) is 0.482. The van der Waals surface area contributed by atoms with Gasteiger partial charge in [0.1, 0.15) is 6.04 Å². The Kier molecular flexibility index (Phi) is 7.03. The fraction of sp³-hybridized carbons (Fsp3) is 0.789. The molecular formula is C19H32N4O5. The summed E-state index contributed by atoms with van der Waals surface area (Å²) in [5.41, 5.74) is 5.23. The highest BCUT2D eigenvalue weighted by Crippen LogP contribution is 2.31.